The molecule has 4 N–H and O–H groups in total. The number of carbonyl (C=O) groups excluding carboxylic acids is 2. The van der Waals surface area contributed by atoms with Crippen LogP contribution >= 0.6 is 0 Å². The highest BCUT2D eigenvalue weighted by Gasteiger charge is 2.30. The van der Waals surface area contributed by atoms with Gasteiger partial charge in [-0.2, -0.15) is 0 Å². The van der Waals surface area contributed by atoms with E-state index in [2.05, 4.69) is 0 Å². The first-order valence-corrected chi connectivity index (χ1v) is 10.3. The number of nitrogens with two attached hydrogens (primary N) is 2. The molecule has 0 atom stereocenters. The van der Waals surface area contributed by atoms with Crippen LogP contribution in [0.4, 0.5) is 11.8 Å². The van der Waals surface area contributed by atoms with Gasteiger partial charge in [0.25, 0.3) is 0 Å². The van der Waals surface area contributed by atoms with Gasteiger partial charge < -0.3 is 29.8 Å². The van der Waals surface area contributed by atoms with Crippen LogP contribution in [0.15, 0.2) is 33.1 Å². The molecular weight excluding hydrogens is 412 g/mol. The summed E-state index contributed by atoms with van der Waals surface area (Å²) in [4.78, 5) is 25.4. The number of esters is 2. The second-order valence-electron chi connectivity index (χ2n) is 7.42. The smallest absolute Gasteiger partial charge is 0.344 e. The number of aryl methyl sites for hydroxylation is 2. The number of carbonyl (C=O) groups is 2. The lowest BCUT2D eigenvalue weighted by Gasteiger charge is -2.09. The summed E-state index contributed by atoms with van der Waals surface area (Å²) in [6.45, 7) is 7.74. The molecule has 0 unspecified atom stereocenters. The SMILES string of the molecule is CCOC(=O)c1c(N)oc2c(-c3ccc(C)c(C)c3)c3c(C(=O)OCC)c(N)oc3cc12. The molecule has 4 rings (SSSR count). The van der Waals surface area contributed by atoms with Gasteiger partial charge in [0.1, 0.15) is 22.3 Å². The van der Waals surface area contributed by atoms with Crippen LogP contribution in [0.25, 0.3) is 33.1 Å². The lowest BCUT2D eigenvalue weighted by Crippen LogP contribution is -2.07. The first-order valence-electron chi connectivity index (χ1n) is 10.3. The molecule has 2 aromatic carbocycles. The van der Waals surface area contributed by atoms with Crippen LogP contribution in [0.3, 0.4) is 0 Å². The summed E-state index contributed by atoms with van der Waals surface area (Å²) in [5, 5.41) is 0.840. The van der Waals surface area contributed by atoms with Gasteiger partial charge in [-0.1, -0.05) is 18.2 Å². The minimum atomic E-state index is -0.613. The number of fused-ring (bicyclic) bond motifs is 2. The molecular formula is C24H24N2O6. The van der Waals surface area contributed by atoms with E-state index in [1.807, 2.05) is 32.0 Å². The standard InChI is InChI=1S/C24H24N2O6/c1-5-29-23(27)17-14-10-15-18(19(22(26)31-15)24(28)30-6-2)16(20(14)32-21(17)25)13-8-7-11(3)12(4)9-13/h7-10H,5-6,25-26H2,1-4H3. The maximum atomic E-state index is 12.8. The number of benzene rings is 2. The summed E-state index contributed by atoms with van der Waals surface area (Å²) in [7, 11) is 0. The van der Waals surface area contributed by atoms with Gasteiger partial charge >= 0.3 is 11.9 Å². The van der Waals surface area contributed by atoms with E-state index in [4.69, 9.17) is 29.8 Å². The number of furan rings is 2. The van der Waals surface area contributed by atoms with E-state index < -0.39 is 11.9 Å². The number of hydrogen-bond donors (Lipinski definition) is 2. The van der Waals surface area contributed by atoms with Crippen molar-refractivity contribution in [3.8, 4) is 11.1 Å². The number of nitrogen functional groups attached to an aromatic ring is 2. The fourth-order valence-corrected chi connectivity index (χ4v) is 3.84. The van der Waals surface area contributed by atoms with Gasteiger partial charge in [0, 0.05) is 16.3 Å². The zero-order chi connectivity index (χ0) is 23.2. The summed E-state index contributed by atoms with van der Waals surface area (Å²) in [5.74, 6) is -1.39. The molecule has 4 aromatic rings. The van der Waals surface area contributed by atoms with Gasteiger partial charge in [0.05, 0.1) is 13.2 Å². The Labute approximate surface area is 184 Å². The van der Waals surface area contributed by atoms with Crippen molar-refractivity contribution in [1.29, 1.82) is 0 Å². The maximum Gasteiger partial charge on any atom is 0.344 e. The third-order valence-electron chi connectivity index (χ3n) is 5.44. The Morgan fingerprint density at radius 3 is 2.12 bits per heavy atom. The second-order valence-corrected chi connectivity index (χ2v) is 7.42. The highest BCUT2D eigenvalue weighted by molar-refractivity contribution is 6.22. The highest BCUT2D eigenvalue weighted by atomic mass is 16.5. The van der Waals surface area contributed by atoms with Crippen LogP contribution < -0.4 is 11.5 Å². The van der Waals surface area contributed by atoms with E-state index in [0.717, 1.165) is 16.7 Å². The zero-order valence-electron chi connectivity index (χ0n) is 18.3. The van der Waals surface area contributed by atoms with Crippen molar-refractivity contribution in [2.75, 3.05) is 24.7 Å². The number of hydrogen-bond acceptors (Lipinski definition) is 8. The molecule has 0 bridgehead atoms. The van der Waals surface area contributed by atoms with Crippen molar-refractivity contribution in [3.05, 3.63) is 46.5 Å². The van der Waals surface area contributed by atoms with Gasteiger partial charge in [-0.15, -0.1) is 0 Å². The Hall–Kier alpha value is -3.94. The summed E-state index contributed by atoms with van der Waals surface area (Å²) in [6.07, 6.45) is 0. The van der Waals surface area contributed by atoms with Crippen LogP contribution in [0.2, 0.25) is 0 Å². The average Bonchev–Trinajstić information content (AvgIpc) is 3.23. The Kier molecular flexibility index (Phi) is 5.30. The van der Waals surface area contributed by atoms with E-state index >= 15 is 0 Å². The molecule has 0 spiro atoms. The molecule has 2 heterocycles. The normalized spacial score (nSPS) is 11.2. The molecule has 0 aliphatic rings. The van der Waals surface area contributed by atoms with Crippen molar-refractivity contribution in [1.82, 2.24) is 0 Å². The highest BCUT2D eigenvalue weighted by Crippen LogP contribution is 2.45. The minimum absolute atomic E-state index is 0.0816. The third-order valence-corrected chi connectivity index (χ3v) is 5.44. The predicted molar refractivity (Wildman–Crippen MR) is 122 cm³/mol. The van der Waals surface area contributed by atoms with E-state index in [-0.39, 0.29) is 36.1 Å². The molecule has 0 radical (unpaired) electrons. The Morgan fingerprint density at radius 1 is 0.875 bits per heavy atom. The van der Waals surface area contributed by atoms with E-state index in [1.165, 1.54) is 0 Å². The van der Waals surface area contributed by atoms with E-state index in [1.54, 1.807) is 19.9 Å². The predicted octanol–water partition coefficient (Wildman–Crippen LogP) is 4.98. The molecule has 32 heavy (non-hydrogen) atoms. The van der Waals surface area contributed by atoms with Crippen LogP contribution in [-0.2, 0) is 9.47 Å². The van der Waals surface area contributed by atoms with Crippen molar-refractivity contribution < 1.29 is 27.9 Å². The molecule has 0 aliphatic heterocycles. The van der Waals surface area contributed by atoms with E-state index in [0.29, 0.717) is 27.5 Å². The average molecular weight is 436 g/mol. The van der Waals surface area contributed by atoms with Crippen molar-refractivity contribution in [2.24, 2.45) is 0 Å². The molecule has 0 amide bonds. The molecule has 8 nitrogen and oxygen atoms in total. The molecule has 0 fully saturated rings. The Bertz CT molecular complexity index is 1380. The molecule has 0 saturated carbocycles. The summed E-state index contributed by atoms with van der Waals surface area (Å²) >= 11 is 0. The van der Waals surface area contributed by atoms with Crippen molar-refractivity contribution in [3.63, 3.8) is 0 Å². The molecule has 2 aromatic heterocycles. The monoisotopic (exact) mass is 436 g/mol. The van der Waals surface area contributed by atoms with Gasteiger partial charge in [0.15, 0.2) is 0 Å². The second kappa shape index (κ2) is 7.96. The van der Waals surface area contributed by atoms with Crippen LogP contribution in [0.5, 0.6) is 0 Å². The number of ether oxygens (including phenoxy) is 2. The van der Waals surface area contributed by atoms with Crippen molar-refractivity contribution >= 4 is 45.6 Å². The van der Waals surface area contributed by atoms with Gasteiger partial charge in [-0.3, -0.25) is 0 Å². The van der Waals surface area contributed by atoms with Gasteiger partial charge in [0.2, 0.25) is 11.8 Å². The summed E-state index contributed by atoms with van der Waals surface area (Å²) < 4.78 is 22.0. The molecule has 0 aliphatic carbocycles. The number of rotatable bonds is 5. The maximum absolute atomic E-state index is 12.8. The van der Waals surface area contributed by atoms with Crippen LogP contribution in [-0.4, -0.2) is 25.2 Å². The molecule has 166 valence electrons. The third kappa shape index (κ3) is 3.24. The van der Waals surface area contributed by atoms with Gasteiger partial charge in [-0.25, -0.2) is 9.59 Å². The van der Waals surface area contributed by atoms with Gasteiger partial charge in [-0.05, 0) is 50.5 Å². The van der Waals surface area contributed by atoms with Crippen molar-refractivity contribution in [2.45, 2.75) is 27.7 Å². The zero-order valence-corrected chi connectivity index (χ0v) is 18.3. The first kappa shape index (κ1) is 21.3. The number of anilines is 2. The first-order chi connectivity index (χ1) is 15.3. The summed E-state index contributed by atoms with van der Waals surface area (Å²) in [5.41, 5.74) is 16.4. The van der Waals surface area contributed by atoms with E-state index in [9.17, 15) is 9.59 Å². The lowest BCUT2D eigenvalue weighted by molar-refractivity contribution is 0.0519. The fraction of sp³-hybridized carbons (Fsp3) is 0.250. The molecule has 0 saturated heterocycles. The fourth-order valence-electron chi connectivity index (χ4n) is 3.84. The largest absolute Gasteiger partial charge is 0.462 e. The Morgan fingerprint density at radius 2 is 1.50 bits per heavy atom. The topological polar surface area (TPSA) is 131 Å². The quantitative estimate of drug-likeness (QED) is 0.419. The lowest BCUT2D eigenvalue weighted by atomic mass is 9.94. The summed E-state index contributed by atoms with van der Waals surface area (Å²) in [6, 6.07) is 7.41. The van der Waals surface area contributed by atoms with Crippen LogP contribution in [0.1, 0.15) is 45.7 Å². The molecule has 8 heteroatoms. The van der Waals surface area contributed by atoms with Crippen LogP contribution in [0, 0.1) is 13.8 Å². The Balaban J connectivity index is 2.17. The minimum Gasteiger partial charge on any atom is -0.462 e.